The van der Waals surface area contributed by atoms with Crippen LogP contribution in [0.25, 0.3) is 66.7 Å². The predicted molar refractivity (Wildman–Crippen MR) is 172 cm³/mol. The predicted octanol–water partition coefficient (Wildman–Crippen LogP) is 9.63. The van der Waals surface area contributed by atoms with Crippen LogP contribution in [-0.2, 0) is 6.42 Å². The molecule has 0 radical (unpaired) electrons. The van der Waals surface area contributed by atoms with Crippen molar-refractivity contribution in [2.24, 2.45) is 0 Å². The zero-order valence-corrected chi connectivity index (χ0v) is 22.5. The summed E-state index contributed by atoms with van der Waals surface area (Å²) in [6.45, 7) is 0. The lowest BCUT2D eigenvalue weighted by molar-refractivity contribution is 0.888. The van der Waals surface area contributed by atoms with Gasteiger partial charge in [0.25, 0.3) is 0 Å². The summed E-state index contributed by atoms with van der Waals surface area (Å²) in [6.07, 6.45) is 8.99. The van der Waals surface area contributed by atoms with Crippen LogP contribution < -0.4 is 0 Å². The van der Waals surface area contributed by atoms with E-state index < -0.39 is 0 Å². The third-order valence-electron chi connectivity index (χ3n) is 8.72. The van der Waals surface area contributed by atoms with Gasteiger partial charge < -0.3 is 13.7 Å². The van der Waals surface area contributed by atoms with Crippen molar-refractivity contribution in [3.8, 4) is 17.1 Å². The molecule has 0 spiro atoms. The maximum atomic E-state index is 2.45. The van der Waals surface area contributed by atoms with Crippen LogP contribution in [0.3, 0.4) is 0 Å². The Balaban J connectivity index is 1.29. The van der Waals surface area contributed by atoms with E-state index >= 15 is 0 Å². The number of fused-ring (bicyclic) bond motifs is 7. The van der Waals surface area contributed by atoms with Gasteiger partial charge >= 0.3 is 0 Å². The Bertz CT molecular complexity index is 2290. The molecule has 3 heteroatoms. The molecule has 0 N–H and O–H groups in total. The van der Waals surface area contributed by atoms with Crippen LogP contribution in [0.15, 0.2) is 134 Å². The molecule has 0 atom stereocenters. The van der Waals surface area contributed by atoms with Gasteiger partial charge in [0, 0.05) is 56.1 Å². The highest BCUT2D eigenvalue weighted by atomic mass is 15.0. The van der Waals surface area contributed by atoms with Crippen molar-refractivity contribution in [1.82, 2.24) is 13.7 Å². The highest BCUT2D eigenvalue weighted by Crippen LogP contribution is 2.38. The van der Waals surface area contributed by atoms with Crippen molar-refractivity contribution in [3.63, 3.8) is 0 Å². The van der Waals surface area contributed by atoms with E-state index in [0.717, 1.165) is 12.8 Å². The summed E-state index contributed by atoms with van der Waals surface area (Å²) in [5, 5.41) is 5.11. The quantitative estimate of drug-likeness (QED) is 0.218. The van der Waals surface area contributed by atoms with Crippen LogP contribution in [0.2, 0.25) is 0 Å². The zero-order chi connectivity index (χ0) is 26.9. The van der Waals surface area contributed by atoms with Crippen molar-refractivity contribution in [2.75, 3.05) is 0 Å². The molecule has 0 amide bonds. The Labute approximate surface area is 237 Å². The Morgan fingerprint density at radius 3 is 2.05 bits per heavy atom. The van der Waals surface area contributed by atoms with Gasteiger partial charge in [-0.15, -0.1) is 0 Å². The van der Waals surface area contributed by atoms with Crippen molar-refractivity contribution < 1.29 is 0 Å². The Hall–Kier alpha value is -5.28. The number of hydrogen-bond donors (Lipinski definition) is 0. The van der Waals surface area contributed by atoms with Crippen molar-refractivity contribution >= 4 is 49.7 Å². The van der Waals surface area contributed by atoms with Crippen LogP contribution in [0.5, 0.6) is 0 Å². The molecule has 194 valence electrons. The SMILES string of the molecule is C1=Cc2c(n(-c3ccccc3)c3ccc(-n4ccc5cc6c7ccccc7n(-c7ccccc7)c6cc54)cc23)CC1. The van der Waals surface area contributed by atoms with E-state index in [1.165, 1.54) is 71.9 Å². The molecule has 3 nitrogen and oxygen atoms in total. The molecular formula is C38H27N3. The molecule has 0 fully saturated rings. The molecule has 0 saturated carbocycles. The highest BCUT2D eigenvalue weighted by Gasteiger charge is 2.20. The van der Waals surface area contributed by atoms with E-state index in [4.69, 9.17) is 0 Å². The molecule has 0 aliphatic heterocycles. The van der Waals surface area contributed by atoms with E-state index in [2.05, 4.69) is 153 Å². The van der Waals surface area contributed by atoms with Gasteiger partial charge in [-0.05, 0) is 79.6 Å². The minimum atomic E-state index is 1.05. The molecule has 0 bridgehead atoms. The largest absolute Gasteiger partial charge is 0.316 e. The number of hydrogen-bond acceptors (Lipinski definition) is 0. The third kappa shape index (κ3) is 3.26. The maximum Gasteiger partial charge on any atom is 0.0562 e. The van der Waals surface area contributed by atoms with E-state index in [1.54, 1.807) is 0 Å². The first-order valence-corrected chi connectivity index (χ1v) is 14.3. The van der Waals surface area contributed by atoms with Crippen LogP contribution >= 0.6 is 0 Å². The lowest BCUT2D eigenvalue weighted by atomic mass is 10.0. The van der Waals surface area contributed by atoms with E-state index in [-0.39, 0.29) is 0 Å². The number of aromatic nitrogens is 3. The number of allylic oxidation sites excluding steroid dienone is 1. The van der Waals surface area contributed by atoms with Crippen LogP contribution in [0.4, 0.5) is 0 Å². The number of nitrogens with zero attached hydrogens (tertiary/aromatic N) is 3. The topological polar surface area (TPSA) is 14.8 Å². The molecule has 5 aromatic carbocycles. The summed E-state index contributed by atoms with van der Waals surface area (Å²) in [6, 6.07) is 44.1. The molecule has 3 aromatic heterocycles. The lowest BCUT2D eigenvalue weighted by Crippen LogP contribution is -2.02. The molecule has 0 saturated heterocycles. The second-order valence-electron chi connectivity index (χ2n) is 11.0. The monoisotopic (exact) mass is 525 g/mol. The van der Waals surface area contributed by atoms with E-state index in [9.17, 15) is 0 Å². The summed E-state index contributed by atoms with van der Waals surface area (Å²) in [4.78, 5) is 0. The molecule has 9 rings (SSSR count). The van der Waals surface area contributed by atoms with Gasteiger partial charge in [-0.25, -0.2) is 0 Å². The summed E-state index contributed by atoms with van der Waals surface area (Å²) in [5.74, 6) is 0. The fourth-order valence-electron chi connectivity index (χ4n) is 6.91. The van der Waals surface area contributed by atoms with Gasteiger partial charge in [-0.3, -0.25) is 0 Å². The first-order valence-electron chi connectivity index (χ1n) is 14.3. The smallest absolute Gasteiger partial charge is 0.0562 e. The minimum Gasteiger partial charge on any atom is -0.316 e. The second kappa shape index (κ2) is 8.61. The van der Waals surface area contributed by atoms with E-state index in [1.807, 2.05) is 0 Å². The van der Waals surface area contributed by atoms with Crippen LogP contribution in [-0.4, -0.2) is 13.7 Å². The van der Waals surface area contributed by atoms with Crippen molar-refractivity contribution in [1.29, 1.82) is 0 Å². The molecule has 3 heterocycles. The molecule has 8 aromatic rings. The van der Waals surface area contributed by atoms with Gasteiger partial charge in [0.1, 0.15) is 0 Å². The number of rotatable bonds is 3. The highest BCUT2D eigenvalue weighted by molar-refractivity contribution is 6.13. The fraction of sp³-hybridized carbons (Fsp3) is 0.0526. The summed E-state index contributed by atoms with van der Waals surface area (Å²) in [5.41, 5.74) is 11.3. The average Bonchev–Trinajstić information content (AvgIpc) is 3.70. The van der Waals surface area contributed by atoms with Crippen molar-refractivity contribution in [3.05, 3.63) is 145 Å². The van der Waals surface area contributed by atoms with Gasteiger partial charge in [-0.1, -0.05) is 66.7 Å². The molecule has 41 heavy (non-hydrogen) atoms. The van der Waals surface area contributed by atoms with Crippen LogP contribution in [0.1, 0.15) is 17.7 Å². The van der Waals surface area contributed by atoms with Gasteiger partial charge in [0.2, 0.25) is 0 Å². The summed E-state index contributed by atoms with van der Waals surface area (Å²) >= 11 is 0. The molecule has 1 aliphatic carbocycles. The van der Waals surface area contributed by atoms with Crippen LogP contribution in [0, 0.1) is 0 Å². The van der Waals surface area contributed by atoms with Gasteiger partial charge in [0.15, 0.2) is 0 Å². The Morgan fingerprint density at radius 1 is 0.488 bits per heavy atom. The summed E-state index contributed by atoms with van der Waals surface area (Å²) < 4.78 is 7.19. The maximum absolute atomic E-state index is 2.45. The summed E-state index contributed by atoms with van der Waals surface area (Å²) in [7, 11) is 0. The minimum absolute atomic E-state index is 1.05. The average molecular weight is 526 g/mol. The van der Waals surface area contributed by atoms with E-state index in [0.29, 0.717) is 0 Å². The second-order valence-corrected chi connectivity index (χ2v) is 11.0. The first-order chi connectivity index (χ1) is 20.3. The molecule has 0 unspecified atom stereocenters. The van der Waals surface area contributed by atoms with Gasteiger partial charge in [-0.2, -0.15) is 0 Å². The zero-order valence-electron chi connectivity index (χ0n) is 22.5. The lowest BCUT2D eigenvalue weighted by Gasteiger charge is -2.13. The Kier molecular flexibility index (Phi) is 4.73. The first kappa shape index (κ1) is 22.5. The molecule has 1 aliphatic rings. The Morgan fingerprint density at radius 2 is 1.22 bits per heavy atom. The van der Waals surface area contributed by atoms with Gasteiger partial charge in [0.05, 0.1) is 22.1 Å². The third-order valence-corrected chi connectivity index (χ3v) is 8.72. The standard InChI is InChI=1S/C38H27N3/c1-3-11-27(12-4-1)40-34-17-9-8-16-31(34)33-24-29(19-20-36(33)40)39-22-21-26-23-32-30-15-7-10-18-35(30)41(38(32)25-37(26)39)28-13-5-2-6-14-28/h1-8,10-16,18-25H,9,17H2. The van der Waals surface area contributed by atoms with Crippen molar-refractivity contribution in [2.45, 2.75) is 12.8 Å². The number of benzene rings is 5. The number of para-hydroxylation sites is 3. The molecular weight excluding hydrogens is 498 g/mol. The normalized spacial score (nSPS) is 13.1. The fourth-order valence-corrected chi connectivity index (χ4v) is 6.91.